The van der Waals surface area contributed by atoms with Crippen LogP contribution in [0, 0.1) is 0 Å². The van der Waals surface area contributed by atoms with Gasteiger partial charge in [0.15, 0.2) is 0 Å². The summed E-state index contributed by atoms with van der Waals surface area (Å²) in [5, 5.41) is 6.89. The van der Waals surface area contributed by atoms with E-state index < -0.39 is 0 Å². The molecule has 108 valence electrons. The van der Waals surface area contributed by atoms with Gasteiger partial charge in [0.2, 0.25) is 0 Å². The highest BCUT2D eigenvalue weighted by molar-refractivity contribution is 7.17. The van der Waals surface area contributed by atoms with Crippen LogP contribution in [-0.2, 0) is 6.54 Å². The third kappa shape index (κ3) is 3.56. The zero-order valence-electron chi connectivity index (χ0n) is 12.3. The second-order valence-electron chi connectivity index (χ2n) is 5.34. The average Bonchev–Trinajstić information content (AvgIpc) is 2.92. The molecule has 0 saturated carbocycles. The maximum Gasteiger partial charge on any atom is 0.120 e. The maximum absolute atomic E-state index is 5.73. The van der Waals surface area contributed by atoms with Crippen molar-refractivity contribution in [3.63, 3.8) is 0 Å². The monoisotopic (exact) mass is 297 g/mol. The molecule has 3 aromatic rings. The van der Waals surface area contributed by atoms with Crippen molar-refractivity contribution in [1.29, 1.82) is 0 Å². The van der Waals surface area contributed by atoms with Crippen LogP contribution in [0.25, 0.3) is 10.1 Å². The lowest BCUT2D eigenvalue weighted by Gasteiger charge is -2.12. The van der Waals surface area contributed by atoms with Crippen molar-refractivity contribution in [3.8, 4) is 5.75 Å². The molecule has 21 heavy (non-hydrogen) atoms. The molecular formula is C18H19NOS. The number of fused-ring (bicyclic) bond motifs is 1. The quantitative estimate of drug-likeness (QED) is 0.690. The van der Waals surface area contributed by atoms with Gasteiger partial charge in [0.1, 0.15) is 5.75 Å². The topological polar surface area (TPSA) is 21.3 Å². The van der Waals surface area contributed by atoms with E-state index in [1.807, 2.05) is 26.0 Å². The fourth-order valence-corrected chi connectivity index (χ4v) is 3.05. The Morgan fingerprint density at radius 1 is 1.10 bits per heavy atom. The van der Waals surface area contributed by atoms with Gasteiger partial charge in [-0.25, -0.2) is 0 Å². The van der Waals surface area contributed by atoms with E-state index >= 15 is 0 Å². The molecule has 1 heterocycles. The summed E-state index contributed by atoms with van der Waals surface area (Å²) < 4.78 is 7.05. The molecule has 0 atom stereocenters. The van der Waals surface area contributed by atoms with Gasteiger partial charge >= 0.3 is 0 Å². The number of hydrogen-bond acceptors (Lipinski definition) is 3. The molecule has 3 rings (SSSR count). The van der Waals surface area contributed by atoms with Gasteiger partial charge < -0.3 is 10.1 Å². The van der Waals surface area contributed by atoms with E-state index in [1.165, 1.54) is 15.6 Å². The highest BCUT2D eigenvalue weighted by Crippen LogP contribution is 2.24. The smallest absolute Gasteiger partial charge is 0.120 e. The Balaban J connectivity index is 1.69. The Kier molecular flexibility index (Phi) is 4.11. The normalized spacial score (nSPS) is 11.0. The van der Waals surface area contributed by atoms with E-state index in [2.05, 4.69) is 47.1 Å². The van der Waals surface area contributed by atoms with Gasteiger partial charge in [0, 0.05) is 16.9 Å². The Labute approximate surface area is 129 Å². The predicted molar refractivity (Wildman–Crippen MR) is 91.4 cm³/mol. The van der Waals surface area contributed by atoms with E-state index in [0.29, 0.717) is 0 Å². The molecule has 0 aliphatic rings. The van der Waals surface area contributed by atoms with E-state index in [1.54, 1.807) is 11.3 Å². The van der Waals surface area contributed by atoms with Crippen LogP contribution in [0.2, 0.25) is 0 Å². The van der Waals surface area contributed by atoms with Crippen molar-refractivity contribution >= 4 is 27.1 Å². The number of anilines is 1. The van der Waals surface area contributed by atoms with Gasteiger partial charge in [0.05, 0.1) is 6.10 Å². The van der Waals surface area contributed by atoms with Crippen molar-refractivity contribution in [2.24, 2.45) is 0 Å². The van der Waals surface area contributed by atoms with Crippen molar-refractivity contribution in [3.05, 3.63) is 59.5 Å². The number of benzene rings is 2. The minimum Gasteiger partial charge on any atom is -0.491 e. The van der Waals surface area contributed by atoms with Crippen molar-refractivity contribution < 1.29 is 4.74 Å². The number of ether oxygens (including phenoxy) is 1. The Hall–Kier alpha value is -2.00. The van der Waals surface area contributed by atoms with Gasteiger partial charge in [0.25, 0.3) is 0 Å². The molecule has 1 aromatic heterocycles. The second kappa shape index (κ2) is 6.19. The molecule has 2 aromatic carbocycles. The molecule has 0 saturated heterocycles. The highest BCUT2D eigenvalue weighted by atomic mass is 32.1. The lowest BCUT2D eigenvalue weighted by atomic mass is 10.2. The number of nitrogens with one attached hydrogen (secondary N) is 1. The summed E-state index contributed by atoms with van der Waals surface area (Å²) in [6.07, 6.45) is 0.203. The molecule has 0 bridgehead atoms. The largest absolute Gasteiger partial charge is 0.491 e. The van der Waals surface area contributed by atoms with Crippen LogP contribution in [-0.4, -0.2) is 6.10 Å². The Morgan fingerprint density at radius 2 is 2.00 bits per heavy atom. The lowest BCUT2D eigenvalue weighted by molar-refractivity contribution is 0.242. The average molecular weight is 297 g/mol. The van der Waals surface area contributed by atoms with Crippen molar-refractivity contribution in [2.75, 3.05) is 5.32 Å². The van der Waals surface area contributed by atoms with Crippen molar-refractivity contribution in [1.82, 2.24) is 0 Å². The molecule has 0 unspecified atom stereocenters. The van der Waals surface area contributed by atoms with Gasteiger partial charge in [-0.1, -0.05) is 12.1 Å². The van der Waals surface area contributed by atoms with Crippen LogP contribution in [0.15, 0.2) is 53.9 Å². The van der Waals surface area contributed by atoms with Crippen LogP contribution in [0.4, 0.5) is 5.69 Å². The summed E-state index contributed by atoms with van der Waals surface area (Å²) in [4.78, 5) is 0. The van der Waals surface area contributed by atoms with Gasteiger partial charge in [-0.2, -0.15) is 0 Å². The molecule has 0 fully saturated rings. The fourth-order valence-electron chi connectivity index (χ4n) is 2.28. The number of hydrogen-bond donors (Lipinski definition) is 1. The van der Waals surface area contributed by atoms with Crippen LogP contribution in [0.1, 0.15) is 19.4 Å². The Bertz CT molecular complexity index is 733. The van der Waals surface area contributed by atoms with E-state index in [-0.39, 0.29) is 6.10 Å². The molecule has 3 heteroatoms. The summed E-state index contributed by atoms with van der Waals surface area (Å²) in [6, 6.07) is 16.9. The predicted octanol–water partition coefficient (Wildman–Crippen LogP) is 5.30. The van der Waals surface area contributed by atoms with E-state index in [9.17, 15) is 0 Å². The first-order valence-corrected chi connectivity index (χ1v) is 8.05. The van der Waals surface area contributed by atoms with Crippen LogP contribution in [0.5, 0.6) is 5.75 Å². The molecule has 2 nitrogen and oxygen atoms in total. The third-order valence-corrected chi connectivity index (χ3v) is 4.12. The summed E-state index contributed by atoms with van der Waals surface area (Å²) in [7, 11) is 0. The molecule has 0 radical (unpaired) electrons. The molecule has 0 spiro atoms. The number of thiophene rings is 1. The zero-order valence-corrected chi connectivity index (χ0v) is 13.1. The standard InChI is InChI=1S/C18H19NOS/c1-13(2)20-17-5-3-4-14(10-17)12-19-16-6-7-18-15(11-16)8-9-21-18/h3-11,13,19H,12H2,1-2H3. The fraction of sp³-hybridized carbons (Fsp3) is 0.222. The first kappa shape index (κ1) is 14.0. The summed E-state index contributed by atoms with van der Waals surface area (Å²) in [6.45, 7) is 4.88. The van der Waals surface area contributed by atoms with Gasteiger partial charge in [-0.15, -0.1) is 11.3 Å². The van der Waals surface area contributed by atoms with E-state index in [4.69, 9.17) is 4.74 Å². The Morgan fingerprint density at radius 3 is 2.86 bits per heavy atom. The van der Waals surface area contributed by atoms with Crippen molar-refractivity contribution in [2.45, 2.75) is 26.5 Å². The highest BCUT2D eigenvalue weighted by Gasteiger charge is 2.01. The minimum atomic E-state index is 0.203. The van der Waals surface area contributed by atoms with Crippen LogP contribution >= 0.6 is 11.3 Å². The SMILES string of the molecule is CC(C)Oc1cccc(CNc2ccc3sccc3c2)c1. The summed E-state index contributed by atoms with van der Waals surface area (Å²) in [5.74, 6) is 0.928. The molecule has 1 N–H and O–H groups in total. The van der Waals surface area contributed by atoms with Gasteiger partial charge in [-0.3, -0.25) is 0 Å². The molecular weight excluding hydrogens is 278 g/mol. The second-order valence-corrected chi connectivity index (χ2v) is 6.29. The summed E-state index contributed by atoms with van der Waals surface area (Å²) >= 11 is 1.77. The maximum atomic E-state index is 5.73. The van der Waals surface area contributed by atoms with Gasteiger partial charge in [-0.05, 0) is 66.6 Å². The molecule has 0 aliphatic carbocycles. The molecule has 0 aliphatic heterocycles. The first-order chi connectivity index (χ1) is 10.2. The zero-order chi connectivity index (χ0) is 14.7. The summed E-state index contributed by atoms with van der Waals surface area (Å²) in [5.41, 5.74) is 2.37. The lowest BCUT2D eigenvalue weighted by Crippen LogP contribution is -2.06. The number of rotatable bonds is 5. The first-order valence-electron chi connectivity index (χ1n) is 7.17. The molecule has 0 amide bonds. The van der Waals surface area contributed by atoms with Crippen LogP contribution in [0.3, 0.4) is 0 Å². The third-order valence-electron chi connectivity index (χ3n) is 3.22. The minimum absolute atomic E-state index is 0.203. The van der Waals surface area contributed by atoms with Crippen LogP contribution < -0.4 is 10.1 Å². The van der Waals surface area contributed by atoms with E-state index in [0.717, 1.165) is 18.0 Å².